The Balaban J connectivity index is 2.39. The molecule has 0 bridgehead atoms. The summed E-state index contributed by atoms with van der Waals surface area (Å²) in [6.45, 7) is 7.04. The van der Waals surface area contributed by atoms with Crippen molar-refractivity contribution in [3.05, 3.63) is 75.8 Å². The highest BCUT2D eigenvalue weighted by Crippen LogP contribution is 2.32. The van der Waals surface area contributed by atoms with E-state index < -0.39 is 5.60 Å². The molecule has 2 atom stereocenters. The topological polar surface area (TPSA) is 23.5 Å². The molecule has 3 heteroatoms. The summed E-state index contributed by atoms with van der Waals surface area (Å²) in [6.07, 6.45) is 2.66. The number of nitrogens with zero attached hydrogens (tertiary/aromatic N) is 1. The number of aryl methyl sites for hydroxylation is 1. The third-order valence-electron chi connectivity index (χ3n) is 4.95. The lowest BCUT2D eigenvalue weighted by Crippen LogP contribution is -2.44. The largest absolute Gasteiger partial charge is 0.385 e. The standard InChI is InChI=1S/C23H30ClNO/c1-17-7-6-8-21(13-17)15-23(26,19(3)16-25(4)5)18(2)14-20-9-11-22(24)12-10-20/h6-14,19,26H,15-16H2,1-5H3. The summed E-state index contributed by atoms with van der Waals surface area (Å²) in [6, 6.07) is 16.1. The summed E-state index contributed by atoms with van der Waals surface area (Å²) < 4.78 is 0. The molecule has 26 heavy (non-hydrogen) atoms. The second-order valence-electron chi connectivity index (χ2n) is 7.63. The van der Waals surface area contributed by atoms with Gasteiger partial charge in [0.25, 0.3) is 0 Å². The molecule has 0 aliphatic heterocycles. The molecule has 0 spiro atoms. The van der Waals surface area contributed by atoms with Gasteiger partial charge in [0.1, 0.15) is 0 Å². The van der Waals surface area contributed by atoms with Crippen LogP contribution in [0.25, 0.3) is 6.08 Å². The van der Waals surface area contributed by atoms with E-state index in [0.29, 0.717) is 6.42 Å². The van der Waals surface area contributed by atoms with Gasteiger partial charge in [-0.25, -0.2) is 0 Å². The monoisotopic (exact) mass is 371 g/mol. The molecule has 0 aliphatic rings. The normalized spacial score (nSPS) is 15.8. The van der Waals surface area contributed by atoms with Crippen molar-refractivity contribution >= 4 is 17.7 Å². The van der Waals surface area contributed by atoms with Gasteiger partial charge in [-0.15, -0.1) is 0 Å². The van der Waals surface area contributed by atoms with E-state index in [-0.39, 0.29) is 5.92 Å². The number of hydrogen-bond acceptors (Lipinski definition) is 2. The molecule has 2 aromatic carbocycles. The highest BCUT2D eigenvalue weighted by molar-refractivity contribution is 6.30. The van der Waals surface area contributed by atoms with Crippen LogP contribution in [0.1, 0.15) is 30.5 Å². The molecule has 0 heterocycles. The molecule has 0 fully saturated rings. The van der Waals surface area contributed by atoms with Crippen LogP contribution in [-0.2, 0) is 6.42 Å². The molecule has 2 unspecified atom stereocenters. The molecular weight excluding hydrogens is 342 g/mol. The fourth-order valence-electron chi connectivity index (χ4n) is 3.47. The first-order valence-corrected chi connectivity index (χ1v) is 9.45. The number of aliphatic hydroxyl groups is 1. The zero-order valence-corrected chi connectivity index (χ0v) is 17.2. The summed E-state index contributed by atoms with van der Waals surface area (Å²) in [4.78, 5) is 2.13. The SMILES string of the molecule is CC(=Cc1ccc(Cl)cc1)C(O)(Cc1cccc(C)c1)C(C)CN(C)C. The number of halogens is 1. The van der Waals surface area contributed by atoms with Crippen molar-refractivity contribution in [1.29, 1.82) is 0 Å². The summed E-state index contributed by atoms with van der Waals surface area (Å²) >= 11 is 5.99. The van der Waals surface area contributed by atoms with Crippen LogP contribution in [0.2, 0.25) is 5.02 Å². The van der Waals surface area contributed by atoms with Crippen molar-refractivity contribution in [1.82, 2.24) is 4.90 Å². The predicted molar refractivity (Wildman–Crippen MR) is 113 cm³/mol. The Kier molecular flexibility index (Phi) is 7.05. The fourth-order valence-corrected chi connectivity index (χ4v) is 3.59. The first kappa shape index (κ1) is 20.7. The third-order valence-corrected chi connectivity index (χ3v) is 5.20. The van der Waals surface area contributed by atoms with Crippen LogP contribution in [0.4, 0.5) is 0 Å². The van der Waals surface area contributed by atoms with Crippen LogP contribution in [0, 0.1) is 12.8 Å². The van der Waals surface area contributed by atoms with E-state index >= 15 is 0 Å². The van der Waals surface area contributed by atoms with E-state index in [0.717, 1.165) is 28.3 Å². The van der Waals surface area contributed by atoms with Crippen LogP contribution >= 0.6 is 11.6 Å². The first-order valence-electron chi connectivity index (χ1n) is 9.07. The molecule has 0 amide bonds. The minimum Gasteiger partial charge on any atom is -0.385 e. The quantitative estimate of drug-likeness (QED) is 0.720. The van der Waals surface area contributed by atoms with Gasteiger partial charge in [0.05, 0.1) is 5.60 Å². The molecule has 2 aromatic rings. The minimum atomic E-state index is -0.919. The highest BCUT2D eigenvalue weighted by atomic mass is 35.5. The van der Waals surface area contributed by atoms with E-state index in [1.807, 2.05) is 45.3 Å². The maximum absolute atomic E-state index is 11.7. The molecule has 0 saturated carbocycles. The Morgan fingerprint density at radius 1 is 1.19 bits per heavy atom. The number of rotatable bonds is 7. The van der Waals surface area contributed by atoms with Gasteiger partial charge in [0, 0.05) is 23.9 Å². The lowest BCUT2D eigenvalue weighted by atomic mass is 9.77. The summed E-state index contributed by atoms with van der Waals surface area (Å²) in [5, 5.41) is 12.5. The Morgan fingerprint density at radius 2 is 1.85 bits per heavy atom. The van der Waals surface area contributed by atoms with Gasteiger partial charge in [0.15, 0.2) is 0 Å². The molecule has 0 radical (unpaired) electrons. The second-order valence-corrected chi connectivity index (χ2v) is 8.07. The molecule has 2 nitrogen and oxygen atoms in total. The fraction of sp³-hybridized carbons (Fsp3) is 0.391. The molecule has 140 valence electrons. The van der Waals surface area contributed by atoms with E-state index in [2.05, 4.69) is 49.1 Å². The van der Waals surface area contributed by atoms with Crippen LogP contribution in [0.15, 0.2) is 54.1 Å². The minimum absolute atomic E-state index is 0.0848. The maximum Gasteiger partial charge on any atom is 0.0935 e. The molecule has 0 aromatic heterocycles. The average molecular weight is 372 g/mol. The first-order chi connectivity index (χ1) is 12.2. The summed E-state index contributed by atoms with van der Waals surface area (Å²) in [5.41, 5.74) is 3.46. The lowest BCUT2D eigenvalue weighted by molar-refractivity contribution is 0.0149. The van der Waals surface area contributed by atoms with Crippen molar-refractivity contribution in [2.45, 2.75) is 32.8 Å². The summed E-state index contributed by atoms with van der Waals surface area (Å²) in [7, 11) is 4.09. The number of benzene rings is 2. The molecule has 0 aliphatic carbocycles. The predicted octanol–water partition coefficient (Wildman–Crippen LogP) is 5.22. The Morgan fingerprint density at radius 3 is 2.42 bits per heavy atom. The van der Waals surface area contributed by atoms with Gasteiger partial charge in [-0.2, -0.15) is 0 Å². The third kappa shape index (κ3) is 5.44. The number of hydrogen-bond donors (Lipinski definition) is 1. The van der Waals surface area contributed by atoms with Crippen molar-refractivity contribution in [3.63, 3.8) is 0 Å². The maximum atomic E-state index is 11.7. The molecule has 2 rings (SSSR count). The molecular formula is C23H30ClNO. The molecule has 0 saturated heterocycles. The van der Waals surface area contributed by atoms with Crippen LogP contribution in [0.5, 0.6) is 0 Å². The van der Waals surface area contributed by atoms with Crippen LogP contribution < -0.4 is 0 Å². The van der Waals surface area contributed by atoms with Gasteiger partial charge in [-0.05, 0) is 56.8 Å². The molecule has 1 N–H and O–H groups in total. The Hall–Kier alpha value is -1.61. The highest BCUT2D eigenvalue weighted by Gasteiger charge is 2.36. The lowest BCUT2D eigenvalue weighted by Gasteiger charge is -2.37. The van der Waals surface area contributed by atoms with E-state index in [4.69, 9.17) is 11.6 Å². The van der Waals surface area contributed by atoms with Gasteiger partial charge in [0.2, 0.25) is 0 Å². The second kappa shape index (κ2) is 8.85. The van der Waals surface area contributed by atoms with E-state index in [1.54, 1.807) is 0 Å². The Labute approximate surface area is 163 Å². The zero-order chi connectivity index (χ0) is 19.3. The van der Waals surface area contributed by atoms with Crippen molar-refractivity contribution in [2.24, 2.45) is 5.92 Å². The summed E-state index contributed by atoms with van der Waals surface area (Å²) in [5.74, 6) is 0.0848. The van der Waals surface area contributed by atoms with Gasteiger partial charge < -0.3 is 10.0 Å². The van der Waals surface area contributed by atoms with Gasteiger partial charge in [-0.1, -0.05) is 66.6 Å². The van der Waals surface area contributed by atoms with E-state index in [9.17, 15) is 5.11 Å². The van der Waals surface area contributed by atoms with E-state index in [1.165, 1.54) is 5.56 Å². The Bertz CT molecular complexity index is 751. The van der Waals surface area contributed by atoms with Crippen LogP contribution in [-0.4, -0.2) is 36.2 Å². The smallest absolute Gasteiger partial charge is 0.0935 e. The average Bonchev–Trinajstić information content (AvgIpc) is 2.56. The van der Waals surface area contributed by atoms with Crippen molar-refractivity contribution < 1.29 is 5.11 Å². The van der Waals surface area contributed by atoms with Crippen LogP contribution in [0.3, 0.4) is 0 Å². The van der Waals surface area contributed by atoms with Crippen molar-refractivity contribution in [3.8, 4) is 0 Å². The zero-order valence-electron chi connectivity index (χ0n) is 16.5. The van der Waals surface area contributed by atoms with Gasteiger partial charge >= 0.3 is 0 Å². The van der Waals surface area contributed by atoms with Gasteiger partial charge in [-0.3, -0.25) is 0 Å². The van der Waals surface area contributed by atoms with Crippen molar-refractivity contribution in [2.75, 3.05) is 20.6 Å².